The summed E-state index contributed by atoms with van der Waals surface area (Å²) < 4.78 is 41.2. The third kappa shape index (κ3) is 1.90. The molecule has 1 aromatic rings. The lowest BCUT2D eigenvalue weighted by molar-refractivity contribution is 0.483. The summed E-state index contributed by atoms with van der Waals surface area (Å²) in [4.78, 5) is -0.582. The van der Waals surface area contributed by atoms with Crippen LogP contribution in [-0.2, 0) is 10.1 Å². The molecule has 0 aliphatic heterocycles. The highest BCUT2D eigenvalue weighted by Crippen LogP contribution is 2.29. The molecule has 0 aromatic carbocycles. The summed E-state index contributed by atoms with van der Waals surface area (Å²) >= 11 is 5.72. The molecule has 0 aliphatic rings. The van der Waals surface area contributed by atoms with Crippen LogP contribution in [0.3, 0.4) is 0 Å². The minimum atomic E-state index is -4.37. The highest BCUT2D eigenvalue weighted by molar-refractivity contribution is 7.86. The van der Waals surface area contributed by atoms with E-state index in [-0.39, 0.29) is 4.34 Å². The highest BCUT2D eigenvalue weighted by atomic mass is 35.5. The van der Waals surface area contributed by atoms with E-state index in [9.17, 15) is 12.8 Å². The summed E-state index contributed by atoms with van der Waals surface area (Å²) in [6.07, 6.45) is 0. The molecular formula is C4H2ClFO3S2. The minimum Gasteiger partial charge on any atom is -0.282 e. The summed E-state index contributed by atoms with van der Waals surface area (Å²) in [5.74, 6) is 0. The van der Waals surface area contributed by atoms with Crippen LogP contribution in [0.25, 0.3) is 0 Å². The van der Waals surface area contributed by atoms with Crippen LogP contribution >= 0.6 is 22.9 Å². The summed E-state index contributed by atoms with van der Waals surface area (Å²) in [6, 6.07) is 0.669. The molecule has 0 unspecified atom stereocenters. The molecule has 0 aliphatic carbocycles. The second-order valence-corrected chi connectivity index (χ2v) is 4.66. The van der Waals surface area contributed by atoms with Gasteiger partial charge in [0, 0.05) is 6.07 Å². The standard InChI is InChI=1S/C4H2ClFO3S2/c5-4-2(11(7,8)9)1-3(6)10-4/h1H,(H,7,8,9). The number of hydrogen-bond acceptors (Lipinski definition) is 3. The first kappa shape index (κ1) is 8.92. The van der Waals surface area contributed by atoms with Gasteiger partial charge in [0.05, 0.1) is 0 Å². The maximum absolute atomic E-state index is 12.3. The van der Waals surface area contributed by atoms with E-state index in [1.54, 1.807) is 0 Å². The van der Waals surface area contributed by atoms with E-state index in [2.05, 4.69) is 0 Å². The van der Waals surface area contributed by atoms with Crippen molar-refractivity contribution in [1.29, 1.82) is 0 Å². The molecule has 3 nitrogen and oxygen atoms in total. The zero-order valence-electron chi connectivity index (χ0n) is 4.91. The number of hydrogen-bond donors (Lipinski definition) is 1. The Bertz CT molecular complexity index is 369. The van der Waals surface area contributed by atoms with E-state index < -0.39 is 20.1 Å². The lowest BCUT2D eigenvalue weighted by Crippen LogP contribution is -1.95. The van der Waals surface area contributed by atoms with Gasteiger partial charge in [0.15, 0.2) is 5.13 Å². The van der Waals surface area contributed by atoms with Crippen molar-refractivity contribution in [3.8, 4) is 0 Å². The molecule has 7 heteroatoms. The number of thiophene rings is 1. The van der Waals surface area contributed by atoms with Gasteiger partial charge in [0.1, 0.15) is 9.23 Å². The van der Waals surface area contributed by atoms with E-state index in [1.807, 2.05) is 0 Å². The largest absolute Gasteiger partial charge is 0.296 e. The Morgan fingerprint density at radius 1 is 1.64 bits per heavy atom. The van der Waals surface area contributed by atoms with E-state index >= 15 is 0 Å². The summed E-state index contributed by atoms with van der Waals surface area (Å²) in [6.45, 7) is 0. The Balaban J connectivity index is 3.36. The average molecular weight is 217 g/mol. The molecule has 62 valence electrons. The number of halogens is 2. The Morgan fingerprint density at radius 2 is 2.18 bits per heavy atom. The van der Waals surface area contributed by atoms with Crippen LogP contribution in [0.2, 0.25) is 4.34 Å². The summed E-state index contributed by atoms with van der Waals surface area (Å²) in [5, 5.41) is -0.748. The van der Waals surface area contributed by atoms with Gasteiger partial charge in [0.2, 0.25) is 0 Å². The number of rotatable bonds is 1. The molecule has 0 radical (unpaired) electrons. The third-order valence-corrected chi connectivity index (χ3v) is 3.17. The summed E-state index contributed by atoms with van der Waals surface area (Å²) in [7, 11) is -4.37. The van der Waals surface area contributed by atoms with Gasteiger partial charge in [-0.25, -0.2) is 0 Å². The molecule has 0 fully saturated rings. The van der Waals surface area contributed by atoms with Crippen molar-refractivity contribution in [3.05, 3.63) is 15.5 Å². The Hall–Kier alpha value is -0.170. The fourth-order valence-electron chi connectivity index (χ4n) is 0.501. The molecular weight excluding hydrogens is 215 g/mol. The third-order valence-electron chi connectivity index (χ3n) is 0.903. The molecule has 1 N–H and O–H groups in total. The average Bonchev–Trinajstić information content (AvgIpc) is 2.08. The zero-order valence-corrected chi connectivity index (χ0v) is 7.30. The first-order chi connectivity index (χ1) is 4.91. The minimum absolute atomic E-state index is 0.273. The van der Waals surface area contributed by atoms with Crippen molar-refractivity contribution >= 4 is 33.1 Å². The zero-order chi connectivity index (χ0) is 8.65. The summed E-state index contributed by atoms with van der Waals surface area (Å²) in [5.41, 5.74) is 0. The fourth-order valence-corrected chi connectivity index (χ4v) is 2.55. The smallest absolute Gasteiger partial charge is 0.282 e. The maximum Gasteiger partial charge on any atom is 0.296 e. The van der Waals surface area contributed by atoms with Crippen LogP contribution < -0.4 is 0 Å². The van der Waals surface area contributed by atoms with Crippen molar-refractivity contribution < 1.29 is 17.4 Å². The van der Waals surface area contributed by atoms with Gasteiger partial charge in [-0.05, 0) is 0 Å². The first-order valence-electron chi connectivity index (χ1n) is 2.33. The molecule has 0 saturated heterocycles. The molecule has 11 heavy (non-hydrogen) atoms. The van der Waals surface area contributed by atoms with Gasteiger partial charge in [-0.2, -0.15) is 12.8 Å². The molecule has 1 rings (SSSR count). The van der Waals surface area contributed by atoms with Crippen LogP contribution in [0.15, 0.2) is 11.0 Å². The molecule has 0 saturated carbocycles. The van der Waals surface area contributed by atoms with Crippen LogP contribution in [0.4, 0.5) is 4.39 Å². The topological polar surface area (TPSA) is 54.4 Å². The lowest BCUT2D eigenvalue weighted by Gasteiger charge is -1.88. The SMILES string of the molecule is O=S(=O)(O)c1cc(F)sc1Cl. The Morgan fingerprint density at radius 3 is 2.36 bits per heavy atom. The van der Waals surface area contributed by atoms with Crippen LogP contribution in [0.5, 0.6) is 0 Å². The monoisotopic (exact) mass is 216 g/mol. The van der Waals surface area contributed by atoms with Gasteiger partial charge < -0.3 is 0 Å². The lowest BCUT2D eigenvalue weighted by atomic mass is 10.7. The quantitative estimate of drug-likeness (QED) is 0.729. The van der Waals surface area contributed by atoms with E-state index in [4.69, 9.17) is 16.2 Å². The molecule has 0 spiro atoms. The van der Waals surface area contributed by atoms with Gasteiger partial charge in [0.25, 0.3) is 10.1 Å². The molecule has 1 heterocycles. The van der Waals surface area contributed by atoms with Gasteiger partial charge in [-0.15, -0.1) is 0 Å². The fraction of sp³-hybridized carbons (Fsp3) is 0. The van der Waals surface area contributed by atoms with Gasteiger partial charge in [-0.3, -0.25) is 4.55 Å². The highest BCUT2D eigenvalue weighted by Gasteiger charge is 2.18. The second kappa shape index (κ2) is 2.71. The van der Waals surface area contributed by atoms with Crippen LogP contribution in [0.1, 0.15) is 0 Å². The van der Waals surface area contributed by atoms with Crippen LogP contribution in [0, 0.1) is 5.13 Å². The molecule has 0 bridgehead atoms. The van der Waals surface area contributed by atoms with Crippen molar-refractivity contribution in [2.24, 2.45) is 0 Å². The van der Waals surface area contributed by atoms with Gasteiger partial charge >= 0.3 is 0 Å². The maximum atomic E-state index is 12.3. The Kier molecular flexibility index (Phi) is 2.19. The van der Waals surface area contributed by atoms with E-state index in [0.717, 1.165) is 0 Å². The first-order valence-corrected chi connectivity index (χ1v) is 4.97. The normalized spacial score (nSPS) is 11.9. The predicted octanol–water partition coefficient (Wildman–Crippen LogP) is 1.79. The second-order valence-electron chi connectivity index (χ2n) is 1.66. The molecule has 0 amide bonds. The Labute approximate surface area is 71.2 Å². The van der Waals surface area contributed by atoms with E-state index in [0.29, 0.717) is 17.4 Å². The van der Waals surface area contributed by atoms with Gasteiger partial charge in [-0.1, -0.05) is 22.9 Å². The molecule has 1 aromatic heterocycles. The van der Waals surface area contributed by atoms with Crippen molar-refractivity contribution in [2.75, 3.05) is 0 Å². The van der Waals surface area contributed by atoms with Crippen molar-refractivity contribution in [2.45, 2.75) is 4.90 Å². The van der Waals surface area contributed by atoms with E-state index in [1.165, 1.54) is 0 Å². The van der Waals surface area contributed by atoms with Crippen molar-refractivity contribution in [3.63, 3.8) is 0 Å². The predicted molar refractivity (Wildman–Crippen MR) is 39.1 cm³/mol. The van der Waals surface area contributed by atoms with Crippen molar-refractivity contribution in [1.82, 2.24) is 0 Å². The molecule has 0 atom stereocenters. The van der Waals surface area contributed by atoms with Crippen LogP contribution in [-0.4, -0.2) is 13.0 Å².